The van der Waals surface area contributed by atoms with Gasteiger partial charge in [-0.25, -0.2) is 8.78 Å². The van der Waals surface area contributed by atoms with E-state index >= 15 is 0 Å². The van der Waals surface area contributed by atoms with Crippen molar-refractivity contribution in [2.24, 2.45) is 0 Å². The quantitative estimate of drug-likeness (QED) is 0.909. The Hall–Kier alpha value is -2.43. The van der Waals surface area contributed by atoms with Gasteiger partial charge in [-0.2, -0.15) is 0 Å². The smallest absolute Gasteiger partial charge is 0.265 e. The van der Waals surface area contributed by atoms with Gasteiger partial charge in [0.15, 0.2) is 17.7 Å². The van der Waals surface area contributed by atoms with Crippen LogP contribution in [0.5, 0.6) is 5.75 Å². The molecule has 0 radical (unpaired) electrons. The van der Waals surface area contributed by atoms with Crippen molar-refractivity contribution in [3.8, 4) is 5.75 Å². The molecule has 0 aromatic heterocycles. The van der Waals surface area contributed by atoms with Gasteiger partial charge in [-0.1, -0.05) is 25.1 Å². The third-order valence-corrected chi connectivity index (χ3v) is 3.21. The fourth-order valence-corrected chi connectivity index (χ4v) is 1.97. The number of hydrogen-bond acceptors (Lipinski definition) is 2. The maximum absolute atomic E-state index is 13.1. The number of ether oxygens (including phenoxy) is 1. The van der Waals surface area contributed by atoms with Crippen molar-refractivity contribution in [1.82, 2.24) is 0 Å². The first-order valence-electron chi connectivity index (χ1n) is 7.01. The number of nitrogens with one attached hydrogen (secondary N) is 1. The number of rotatable bonds is 5. The number of aryl methyl sites for hydroxylation is 1. The van der Waals surface area contributed by atoms with E-state index in [0.29, 0.717) is 5.75 Å². The SMILES string of the molecule is CCc1ccccc1O[C@H](C)C(=O)Nc1ccc(F)c(F)c1. The zero-order chi connectivity index (χ0) is 16.1. The van der Waals surface area contributed by atoms with Crippen LogP contribution in [0.2, 0.25) is 0 Å². The van der Waals surface area contributed by atoms with Crippen molar-refractivity contribution in [3.63, 3.8) is 0 Å². The molecule has 1 atom stereocenters. The second kappa shape index (κ2) is 7.02. The van der Waals surface area contributed by atoms with Crippen LogP contribution < -0.4 is 10.1 Å². The number of amides is 1. The molecule has 0 bridgehead atoms. The average Bonchev–Trinajstić information content (AvgIpc) is 2.51. The van der Waals surface area contributed by atoms with Gasteiger partial charge >= 0.3 is 0 Å². The topological polar surface area (TPSA) is 38.3 Å². The molecule has 5 heteroatoms. The molecule has 3 nitrogen and oxygen atoms in total. The maximum Gasteiger partial charge on any atom is 0.265 e. The highest BCUT2D eigenvalue weighted by Gasteiger charge is 2.16. The Morgan fingerprint density at radius 3 is 2.59 bits per heavy atom. The highest BCUT2D eigenvalue weighted by Crippen LogP contribution is 2.20. The Morgan fingerprint density at radius 1 is 1.18 bits per heavy atom. The summed E-state index contributed by atoms with van der Waals surface area (Å²) in [6.07, 6.45) is 0.0223. The third kappa shape index (κ3) is 3.81. The molecule has 0 aliphatic carbocycles. The van der Waals surface area contributed by atoms with Crippen LogP contribution in [0.25, 0.3) is 0 Å². The largest absolute Gasteiger partial charge is 0.481 e. The zero-order valence-electron chi connectivity index (χ0n) is 12.4. The van der Waals surface area contributed by atoms with E-state index in [1.54, 1.807) is 13.0 Å². The molecule has 0 spiro atoms. The van der Waals surface area contributed by atoms with Gasteiger partial charge in [0.2, 0.25) is 0 Å². The predicted octanol–water partition coefficient (Wildman–Crippen LogP) is 3.93. The van der Waals surface area contributed by atoms with Crippen LogP contribution in [0.1, 0.15) is 19.4 Å². The molecular formula is C17H17F2NO2. The molecule has 0 aliphatic rings. The molecule has 0 aliphatic heterocycles. The van der Waals surface area contributed by atoms with Crippen molar-refractivity contribution in [2.45, 2.75) is 26.4 Å². The summed E-state index contributed by atoms with van der Waals surface area (Å²) in [6, 6.07) is 10.6. The number of halogens is 2. The number of carbonyl (C=O) groups is 1. The second-order valence-corrected chi connectivity index (χ2v) is 4.84. The fourth-order valence-electron chi connectivity index (χ4n) is 1.97. The number of carbonyl (C=O) groups excluding carboxylic acids is 1. The highest BCUT2D eigenvalue weighted by atomic mass is 19.2. The molecule has 22 heavy (non-hydrogen) atoms. The summed E-state index contributed by atoms with van der Waals surface area (Å²) in [6.45, 7) is 3.59. The third-order valence-electron chi connectivity index (χ3n) is 3.21. The van der Waals surface area contributed by atoms with E-state index in [9.17, 15) is 13.6 Å². The lowest BCUT2D eigenvalue weighted by molar-refractivity contribution is -0.122. The minimum atomic E-state index is -1.01. The van der Waals surface area contributed by atoms with Crippen LogP contribution in [0.4, 0.5) is 14.5 Å². The summed E-state index contributed by atoms with van der Waals surface area (Å²) in [7, 11) is 0. The van der Waals surface area contributed by atoms with E-state index in [4.69, 9.17) is 4.74 Å². The van der Waals surface area contributed by atoms with Crippen molar-refractivity contribution in [1.29, 1.82) is 0 Å². The Labute approximate surface area is 127 Å². The minimum Gasteiger partial charge on any atom is -0.481 e. The molecule has 0 saturated heterocycles. The number of hydrogen-bond donors (Lipinski definition) is 1. The van der Waals surface area contributed by atoms with E-state index in [0.717, 1.165) is 24.1 Å². The zero-order valence-corrected chi connectivity index (χ0v) is 12.4. The summed E-state index contributed by atoms with van der Waals surface area (Å²) >= 11 is 0. The molecule has 2 rings (SSSR count). The van der Waals surface area contributed by atoms with Crippen LogP contribution in [-0.4, -0.2) is 12.0 Å². The average molecular weight is 305 g/mol. The standard InChI is InChI=1S/C17H17F2NO2/c1-3-12-6-4-5-7-16(12)22-11(2)17(21)20-13-8-9-14(18)15(19)10-13/h4-11H,3H2,1-2H3,(H,20,21)/t11-/m1/s1. The van der Waals surface area contributed by atoms with Crippen molar-refractivity contribution in [2.75, 3.05) is 5.32 Å². The number of benzene rings is 2. The molecule has 1 amide bonds. The monoisotopic (exact) mass is 305 g/mol. The second-order valence-electron chi connectivity index (χ2n) is 4.84. The summed E-state index contributed by atoms with van der Waals surface area (Å²) < 4.78 is 31.6. The summed E-state index contributed by atoms with van der Waals surface area (Å²) in [5.41, 5.74) is 1.18. The van der Waals surface area contributed by atoms with Crippen LogP contribution in [0, 0.1) is 11.6 Å². The Kier molecular flexibility index (Phi) is 5.09. The Bertz CT molecular complexity index is 673. The minimum absolute atomic E-state index is 0.183. The van der Waals surface area contributed by atoms with Crippen molar-refractivity contribution >= 4 is 11.6 Å². The lowest BCUT2D eigenvalue weighted by atomic mass is 10.1. The summed E-state index contributed by atoms with van der Waals surface area (Å²) in [5.74, 6) is -1.77. The normalized spacial score (nSPS) is 11.8. The molecule has 2 aromatic rings. The van der Waals surface area contributed by atoms with Crippen LogP contribution in [-0.2, 0) is 11.2 Å². The van der Waals surface area contributed by atoms with Crippen molar-refractivity contribution in [3.05, 3.63) is 59.7 Å². The van der Waals surface area contributed by atoms with Crippen LogP contribution in [0.15, 0.2) is 42.5 Å². The fraction of sp³-hybridized carbons (Fsp3) is 0.235. The molecule has 0 unspecified atom stereocenters. The molecule has 2 aromatic carbocycles. The van der Waals surface area contributed by atoms with Crippen molar-refractivity contribution < 1.29 is 18.3 Å². The van der Waals surface area contributed by atoms with Gasteiger partial charge in [-0.3, -0.25) is 4.79 Å². The first-order chi connectivity index (χ1) is 10.5. The van der Waals surface area contributed by atoms with E-state index in [1.165, 1.54) is 6.07 Å². The molecule has 1 N–H and O–H groups in total. The van der Waals surface area contributed by atoms with E-state index in [2.05, 4.69) is 5.32 Å². The lowest BCUT2D eigenvalue weighted by Gasteiger charge is -2.17. The summed E-state index contributed by atoms with van der Waals surface area (Å²) in [5, 5.41) is 2.50. The number of para-hydroxylation sites is 1. The summed E-state index contributed by atoms with van der Waals surface area (Å²) in [4.78, 5) is 12.1. The highest BCUT2D eigenvalue weighted by molar-refractivity contribution is 5.94. The first-order valence-corrected chi connectivity index (χ1v) is 7.01. The lowest BCUT2D eigenvalue weighted by Crippen LogP contribution is -2.30. The maximum atomic E-state index is 13.1. The molecule has 0 fully saturated rings. The molecule has 0 heterocycles. The van der Waals surface area contributed by atoms with E-state index in [-0.39, 0.29) is 5.69 Å². The number of anilines is 1. The Balaban J connectivity index is 2.04. The van der Waals surface area contributed by atoms with Gasteiger partial charge in [-0.15, -0.1) is 0 Å². The van der Waals surface area contributed by atoms with E-state index in [1.807, 2.05) is 25.1 Å². The first kappa shape index (κ1) is 15.9. The van der Waals surface area contributed by atoms with Gasteiger partial charge < -0.3 is 10.1 Å². The van der Waals surface area contributed by atoms with Crippen LogP contribution >= 0.6 is 0 Å². The molecule has 0 saturated carbocycles. The Morgan fingerprint density at radius 2 is 1.91 bits per heavy atom. The van der Waals surface area contributed by atoms with Gasteiger partial charge in [0.05, 0.1) is 0 Å². The molecule has 116 valence electrons. The van der Waals surface area contributed by atoms with Gasteiger partial charge in [0.25, 0.3) is 5.91 Å². The van der Waals surface area contributed by atoms with Gasteiger partial charge in [0, 0.05) is 11.8 Å². The predicted molar refractivity (Wildman–Crippen MR) is 80.9 cm³/mol. The van der Waals surface area contributed by atoms with E-state index < -0.39 is 23.6 Å². The van der Waals surface area contributed by atoms with Gasteiger partial charge in [0.1, 0.15) is 5.75 Å². The molecular weight excluding hydrogens is 288 g/mol. The van der Waals surface area contributed by atoms with Gasteiger partial charge in [-0.05, 0) is 37.1 Å². The van der Waals surface area contributed by atoms with Crippen LogP contribution in [0.3, 0.4) is 0 Å².